The molecule has 0 atom stereocenters. The lowest BCUT2D eigenvalue weighted by atomic mass is 9.98. The molecule has 2 aliphatic rings. The number of hydrogen-bond acceptors (Lipinski definition) is 5. The number of carbonyl (C=O) groups excluding carboxylic acids is 2. The highest BCUT2D eigenvalue weighted by Crippen LogP contribution is 2.44. The fraction of sp³-hybridized carbons (Fsp3) is 0.259. The Morgan fingerprint density at radius 1 is 1.00 bits per heavy atom. The molecule has 5 rings (SSSR count). The van der Waals surface area contributed by atoms with E-state index in [-0.39, 0.29) is 12.0 Å². The Balaban J connectivity index is 1.23. The third kappa shape index (κ3) is 3.82. The summed E-state index contributed by atoms with van der Waals surface area (Å²) in [6.45, 7) is 4.68. The summed E-state index contributed by atoms with van der Waals surface area (Å²) in [6.07, 6.45) is 0.552. The van der Waals surface area contributed by atoms with Crippen molar-refractivity contribution < 1.29 is 14.3 Å². The van der Waals surface area contributed by atoms with E-state index in [0.717, 1.165) is 17.5 Å². The molecule has 1 fully saturated rings. The predicted molar refractivity (Wildman–Crippen MR) is 130 cm³/mol. The molecule has 0 spiro atoms. The van der Waals surface area contributed by atoms with Crippen molar-refractivity contribution in [3.8, 4) is 11.1 Å². The standard InChI is InChI=1S/C27H27N3O3/c1-18-19(16-31)14-20(28)15-26(18)29-10-12-30(13-11-29)27(32)33-17-25-23-8-4-2-6-21(23)22-7-3-5-9-24(22)25/h2-9,14-16,25H,10-13,17,28H2,1H3. The van der Waals surface area contributed by atoms with Gasteiger partial charge in [0.15, 0.2) is 0 Å². The summed E-state index contributed by atoms with van der Waals surface area (Å²) in [5.74, 6) is 0.0549. The first-order valence-corrected chi connectivity index (χ1v) is 11.3. The Kier molecular flexibility index (Phi) is 5.50. The monoisotopic (exact) mass is 441 g/mol. The summed E-state index contributed by atoms with van der Waals surface area (Å²) in [4.78, 5) is 28.1. The highest BCUT2D eigenvalue weighted by Gasteiger charge is 2.30. The van der Waals surface area contributed by atoms with Gasteiger partial charge in [-0.1, -0.05) is 48.5 Å². The minimum atomic E-state index is -0.283. The number of fused-ring (bicyclic) bond motifs is 3. The second-order valence-corrected chi connectivity index (χ2v) is 8.65. The highest BCUT2D eigenvalue weighted by atomic mass is 16.6. The predicted octanol–water partition coefficient (Wildman–Crippen LogP) is 4.46. The molecule has 3 aromatic rings. The van der Waals surface area contributed by atoms with E-state index in [1.165, 1.54) is 22.3 Å². The summed E-state index contributed by atoms with van der Waals surface area (Å²) < 4.78 is 5.80. The van der Waals surface area contributed by atoms with Gasteiger partial charge in [-0.2, -0.15) is 0 Å². The number of rotatable bonds is 4. The van der Waals surface area contributed by atoms with Crippen LogP contribution in [0.1, 0.15) is 33.0 Å². The zero-order valence-electron chi connectivity index (χ0n) is 18.7. The average molecular weight is 442 g/mol. The summed E-state index contributed by atoms with van der Waals surface area (Å²) in [7, 11) is 0. The molecular formula is C27H27N3O3. The number of carbonyl (C=O) groups is 2. The molecule has 6 heteroatoms. The van der Waals surface area contributed by atoms with Crippen LogP contribution in [0.25, 0.3) is 11.1 Å². The average Bonchev–Trinajstić information content (AvgIpc) is 3.17. The molecule has 2 N–H and O–H groups in total. The van der Waals surface area contributed by atoms with Crippen molar-refractivity contribution in [1.29, 1.82) is 0 Å². The van der Waals surface area contributed by atoms with Crippen molar-refractivity contribution in [2.75, 3.05) is 43.4 Å². The molecule has 1 aliphatic carbocycles. The number of benzene rings is 3. The Morgan fingerprint density at radius 3 is 2.21 bits per heavy atom. The smallest absolute Gasteiger partial charge is 0.409 e. The van der Waals surface area contributed by atoms with Gasteiger partial charge in [0.1, 0.15) is 12.9 Å². The van der Waals surface area contributed by atoms with Crippen LogP contribution in [0.3, 0.4) is 0 Å². The molecule has 1 heterocycles. The molecular weight excluding hydrogens is 414 g/mol. The van der Waals surface area contributed by atoms with Crippen LogP contribution < -0.4 is 10.6 Å². The minimum Gasteiger partial charge on any atom is -0.448 e. The van der Waals surface area contributed by atoms with Crippen LogP contribution in [-0.4, -0.2) is 50.1 Å². The maximum atomic E-state index is 12.9. The van der Waals surface area contributed by atoms with Gasteiger partial charge in [0, 0.05) is 49.0 Å². The van der Waals surface area contributed by atoms with Crippen molar-refractivity contribution in [2.45, 2.75) is 12.8 Å². The summed E-state index contributed by atoms with van der Waals surface area (Å²) in [5, 5.41) is 0. The quantitative estimate of drug-likeness (QED) is 0.478. The van der Waals surface area contributed by atoms with Crippen molar-refractivity contribution in [3.63, 3.8) is 0 Å². The zero-order valence-corrected chi connectivity index (χ0v) is 18.7. The van der Waals surface area contributed by atoms with Gasteiger partial charge in [0.25, 0.3) is 0 Å². The second-order valence-electron chi connectivity index (χ2n) is 8.65. The molecule has 1 saturated heterocycles. The molecule has 168 valence electrons. The van der Waals surface area contributed by atoms with Gasteiger partial charge in [-0.3, -0.25) is 4.79 Å². The highest BCUT2D eigenvalue weighted by molar-refractivity contribution is 5.84. The van der Waals surface area contributed by atoms with Crippen molar-refractivity contribution in [1.82, 2.24) is 4.90 Å². The fourth-order valence-corrected chi connectivity index (χ4v) is 5.01. The number of aldehydes is 1. The SMILES string of the molecule is Cc1c(C=O)cc(N)cc1N1CCN(C(=O)OCC2c3ccccc3-c3ccccc32)CC1. The second kappa shape index (κ2) is 8.62. The number of piperazine rings is 1. The summed E-state index contributed by atoms with van der Waals surface area (Å²) in [5.41, 5.74) is 13.9. The van der Waals surface area contributed by atoms with Gasteiger partial charge in [-0.15, -0.1) is 0 Å². The lowest BCUT2D eigenvalue weighted by molar-refractivity contribution is 0.0976. The van der Waals surface area contributed by atoms with E-state index >= 15 is 0 Å². The molecule has 0 bridgehead atoms. The summed E-state index contributed by atoms with van der Waals surface area (Å²) in [6, 6.07) is 20.2. The van der Waals surface area contributed by atoms with Gasteiger partial charge in [0.05, 0.1) is 0 Å². The molecule has 0 unspecified atom stereocenters. The van der Waals surface area contributed by atoms with Gasteiger partial charge in [-0.25, -0.2) is 4.79 Å². The van der Waals surface area contributed by atoms with Crippen molar-refractivity contribution in [3.05, 3.63) is 82.9 Å². The first kappa shape index (κ1) is 21.1. The number of hydrogen-bond donors (Lipinski definition) is 1. The third-order valence-electron chi connectivity index (χ3n) is 6.78. The lowest BCUT2D eigenvalue weighted by Crippen LogP contribution is -2.49. The number of ether oxygens (including phenoxy) is 1. The molecule has 0 saturated carbocycles. The van der Waals surface area contributed by atoms with E-state index in [4.69, 9.17) is 10.5 Å². The first-order chi connectivity index (χ1) is 16.1. The Morgan fingerprint density at radius 2 is 1.61 bits per heavy atom. The van der Waals surface area contributed by atoms with Gasteiger partial charge in [-0.05, 0) is 46.9 Å². The maximum absolute atomic E-state index is 12.9. The van der Waals surface area contributed by atoms with E-state index in [9.17, 15) is 9.59 Å². The van der Waals surface area contributed by atoms with Crippen LogP contribution in [0.5, 0.6) is 0 Å². The number of amides is 1. The zero-order chi connectivity index (χ0) is 22.9. The normalized spacial score (nSPS) is 15.2. The first-order valence-electron chi connectivity index (χ1n) is 11.3. The molecule has 6 nitrogen and oxygen atoms in total. The van der Waals surface area contributed by atoms with Crippen LogP contribution >= 0.6 is 0 Å². The molecule has 33 heavy (non-hydrogen) atoms. The minimum absolute atomic E-state index is 0.0549. The van der Waals surface area contributed by atoms with E-state index in [1.54, 1.807) is 11.0 Å². The number of nitrogen functional groups attached to an aromatic ring is 1. The summed E-state index contributed by atoms with van der Waals surface area (Å²) >= 11 is 0. The van der Waals surface area contributed by atoms with Crippen LogP contribution in [0.4, 0.5) is 16.2 Å². The Hall–Kier alpha value is -3.80. The van der Waals surface area contributed by atoms with E-state index in [0.29, 0.717) is 44.0 Å². The van der Waals surface area contributed by atoms with Crippen LogP contribution in [0.2, 0.25) is 0 Å². The van der Waals surface area contributed by atoms with E-state index in [2.05, 4.69) is 29.2 Å². The topological polar surface area (TPSA) is 75.9 Å². The van der Waals surface area contributed by atoms with Crippen LogP contribution in [0, 0.1) is 6.92 Å². The lowest BCUT2D eigenvalue weighted by Gasteiger charge is -2.36. The Bertz CT molecular complexity index is 1170. The van der Waals surface area contributed by atoms with E-state index in [1.807, 2.05) is 37.3 Å². The number of nitrogens with zero attached hydrogens (tertiary/aromatic N) is 2. The third-order valence-corrected chi connectivity index (χ3v) is 6.78. The molecule has 0 aromatic heterocycles. The van der Waals surface area contributed by atoms with Crippen LogP contribution in [-0.2, 0) is 4.74 Å². The molecule has 0 radical (unpaired) electrons. The molecule has 3 aromatic carbocycles. The van der Waals surface area contributed by atoms with Gasteiger partial charge in [0.2, 0.25) is 0 Å². The fourth-order valence-electron chi connectivity index (χ4n) is 5.01. The van der Waals surface area contributed by atoms with Crippen LogP contribution in [0.15, 0.2) is 60.7 Å². The molecule has 1 aliphatic heterocycles. The number of anilines is 2. The Labute approximate surface area is 193 Å². The van der Waals surface area contributed by atoms with Crippen molar-refractivity contribution >= 4 is 23.8 Å². The molecule has 1 amide bonds. The largest absolute Gasteiger partial charge is 0.448 e. The maximum Gasteiger partial charge on any atom is 0.409 e. The van der Waals surface area contributed by atoms with E-state index < -0.39 is 0 Å². The van der Waals surface area contributed by atoms with Gasteiger partial charge < -0.3 is 20.3 Å². The van der Waals surface area contributed by atoms with Crippen molar-refractivity contribution in [2.24, 2.45) is 0 Å². The number of nitrogens with two attached hydrogens (primary N) is 1. The van der Waals surface area contributed by atoms with Gasteiger partial charge >= 0.3 is 6.09 Å².